The lowest BCUT2D eigenvalue weighted by molar-refractivity contribution is -0.127. The number of carbonyl (C=O) groups is 1. The van der Waals surface area contributed by atoms with Gasteiger partial charge in [0, 0.05) is 18.5 Å². The van der Waals surface area contributed by atoms with Crippen LogP contribution in [0.3, 0.4) is 0 Å². The Bertz CT molecular complexity index is 794. The number of benzene rings is 1. The second-order valence-corrected chi connectivity index (χ2v) is 7.03. The summed E-state index contributed by atoms with van der Waals surface area (Å²) in [7, 11) is 0. The van der Waals surface area contributed by atoms with Gasteiger partial charge in [-0.2, -0.15) is 0 Å². The molecule has 0 spiro atoms. The molecule has 1 fully saturated rings. The number of para-hydroxylation sites is 1. The summed E-state index contributed by atoms with van der Waals surface area (Å²) in [5.74, 6) is 0.432. The molecule has 1 unspecified atom stereocenters. The highest BCUT2D eigenvalue weighted by Gasteiger charge is 2.27. The Morgan fingerprint density at radius 1 is 1.32 bits per heavy atom. The number of aliphatic hydroxyl groups excluding tert-OH is 1. The van der Waals surface area contributed by atoms with E-state index >= 15 is 0 Å². The minimum atomic E-state index is -0.201. The van der Waals surface area contributed by atoms with E-state index in [9.17, 15) is 9.59 Å². The zero-order valence-electron chi connectivity index (χ0n) is 14.5. The monoisotopic (exact) mass is 343 g/mol. The quantitative estimate of drug-likeness (QED) is 0.865. The van der Waals surface area contributed by atoms with Crippen LogP contribution in [0.4, 0.5) is 0 Å². The lowest BCUT2D eigenvalue weighted by Crippen LogP contribution is -2.40. The van der Waals surface area contributed by atoms with E-state index in [2.05, 4.69) is 10.3 Å². The van der Waals surface area contributed by atoms with Crippen molar-refractivity contribution in [2.75, 3.05) is 6.61 Å². The molecule has 1 aliphatic carbocycles. The second kappa shape index (κ2) is 7.78. The van der Waals surface area contributed by atoms with E-state index in [1.165, 1.54) is 0 Å². The highest BCUT2D eigenvalue weighted by atomic mass is 16.3. The van der Waals surface area contributed by atoms with Gasteiger partial charge in [0.25, 0.3) is 5.56 Å². The van der Waals surface area contributed by atoms with Gasteiger partial charge in [-0.3, -0.25) is 14.2 Å². The minimum Gasteiger partial charge on any atom is -0.394 e. The molecule has 134 valence electrons. The fourth-order valence-electron chi connectivity index (χ4n) is 3.53. The van der Waals surface area contributed by atoms with Crippen molar-refractivity contribution in [3.05, 3.63) is 40.9 Å². The van der Waals surface area contributed by atoms with Crippen LogP contribution in [0, 0.1) is 11.8 Å². The third-order valence-electron chi connectivity index (χ3n) is 5.07. The number of nitrogens with one attached hydrogen (secondary N) is 1. The molecular formula is C19H25N3O3. The summed E-state index contributed by atoms with van der Waals surface area (Å²) in [5.41, 5.74) is 0.726. The first-order valence-electron chi connectivity index (χ1n) is 8.94. The van der Waals surface area contributed by atoms with E-state index in [-0.39, 0.29) is 30.0 Å². The molecule has 2 N–H and O–H groups in total. The fourth-order valence-corrected chi connectivity index (χ4v) is 3.53. The average Bonchev–Trinajstić information content (AvgIpc) is 2.64. The van der Waals surface area contributed by atoms with Crippen LogP contribution in [0.1, 0.15) is 32.6 Å². The summed E-state index contributed by atoms with van der Waals surface area (Å²) in [6.45, 7) is 2.40. The van der Waals surface area contributed by atoms with Crippen molar-refractivity contribution >= 4 is 16.8 Å². The largest absolute Gasteiger partial charge is 0.394 e. The van der Waals surface area contributed by atoms with E-state index in [0.29, 0.717) is 17.8 Å². The lowest BCUT2D eigenvalue weighted by atomic mass is 9.81. The van der Waals surface area contributed by atoms with Gasteiger partial charge in [-0.25, -0.2) is 4.98 Å². The number of carbonyl (C=O) groups excluding carboxylic acids is 1. The number of aliphatic hydroxyl groups is 1. The molecule has 0 saturated heterocycles. The molecule has 1 aliphatic rings. The Kier molecular flexibility index (Phi) is 5.48. The summed E-state index contributed by atoms with van der Waals surface area (Å²) >= 11 is 0. The van der Waals surface area contributed by atoms with E-state index in [1.807, 2.05) is 24.3 Å². The van der Waals surface area contributed by atoms with Crippen molar-refractivity contribution in [2.45, 2.75) is 45.2 Å². The number of hydrogen-bond acceptors (Lipinski definition) is 4. The first-order chi connectivity index (χ1) is 12.1. The fraction of sp³-hybridized carbons (Fsp3) is 0.526. The van der Waals surface area contributed by atoms with Crippen LogP contribution in [-0.2, 0) is 11.3 Å². The molecule has 1 saturated carbocycles. The molecule has 3 rings (SSSR count). The molecule has 25 heavy (non-hydrogen) atoms. The second-order valence-electron chi connectivity index (χ2n) is 7.03. The third-order valence-corrected chi connectivity index (χ3v) is 5.07. The summed E-state index contributed by atoms with van der Waals surface area (Å²) in [6, 6.07) is 7.19. The zero-order valence-corrected chi connectivity index (χ0v) is 14.5. The van der Waals surface area contributed by atoms with Gasteiger partial charge in [-0.15, -0.1) is 0 Å². The van der Waals surface area contributed by atoms with Crippen LogP contribution in [0.25, 0.3) is 10.9 Å². The van der Waals surface area contributed by atoms with Crippen LogP contribution in [0.15, 0.2) is 35.4 Å². The number of amides is 1. The van der Waals surface area contributed by atoms with Crippen LogP contribution in [-0.4, -0.2) is 33.2 Å². The van der Waals surface area contributed by atoms with Gasteiger partial charge in [0.05, 0.1) is 23.8 Å². The summed E-state index contributed by atoms with van der Waals surface area (Å²) in [5, 5.41) is 12.5. The maximum absolute atomic E-state index is 12.6. The molecule has 1 aromatic carbocycles. The predicted octanol–water partition coefficient (Wildman–Crippen LogP) is 1.70. The van der Waals surface area contributed by atoms with Crippen molar-refractivity contribution in [2.24, 2.45) is 11.8 Å². The normalized spacial score (nSPS) is 21.8. The van der Waals surface area contributed by atoms with E-state index in [1.54, 1.807) is 17.8 Å². The van der Waals surface area contributed by atoms with E-state index < -0.39 is 0 Å². The molecule has 6 heteroatoms. The SMILES string of the molecule is CC(CO)NC(=O)C1CCC(Cn2cnc3ccccc3c2=O)CC1. The Morgan fingerprint density at radius 2 is 2.04 bits per heavy atom. The summed E-state index contributed by atoms with van der Waals surface area (Å²) in [6.07, 6.45) is 5.12. The first-order valence-corrected chi connectivity index (χ1v) is 8.94. The van der Waals surface area contributed by atoms with Gasteiger partial charge < -0.3 is 10.4 Å². The smallest absolute Gasteiger partial charge is 0.261 e. The summed E-state index contributed by atoms with van der Waals surface area (Å²) < 4.78 is 1.70. The number of fused-ring (bicyclic) bond motifs is 1. The zero-order chi connectivity index (χ0) is 17.8. The average molecular weight is 343 g/mol. The molecule has 1 heterocycles. The van der Waals surface area contributed by atoms with Crippen molar-refractivity contribution < 1.29 is 9.90 Å². The number of hydrogen-bond donors (Lipinski definition) is 2. The Hall–Kier alpha value is -2.21. The number of rotatable bonds is 5. The van der Waals surface area contributed by atoms with Crippen molar-refractivity contribution in [3.63, 3.8) is 0 Å². The molecule has 0 aliphatic heterocycles. The van der Waals surface area contributed by atoms with E-state index in [0.717, 1.165) is 31.2 Å². The van der Waals surface area contributed by atoms with Gasteiger partial charge in [0.2, 0.25) is 5.91 Å². The summed E-state index contributed by atoms with van der Waals surface area (Å²) in [4.78, 5) is 29.1. The van der Waals surface area contributed by atoms with Gasteiger partial charge >= 0.3 is 0 Å². The highest BCUT2D eigenvalue weighted by Crippen LogP contribution is 2.29. The lowest BCUT2D eigenvalue weighted by Gasteiger charge is -2.28. The van der Waals surface area contributed by atoms with Gasteiger partial charge in [0.15, 0.2) is 0 Å². The van der Waals surface area contributed by atoms with Gasteiger partial charge in [-0.1, -0.05) is 12.1 Å². The van der Waals surface area contributed by atoms with E-state index in [4.69, 9.17) is 5.11 Å². The maximum Gasteiger partial charge on any atom is 0.261 e. The van der Waals surface area contributed by atoms with Crippen LogP contribution in [0.5, 0.6) is 0 Å². The minimum absolute atomic E-state index is 0.00207. The van der Waals surface area contributed by atoms with Crippen LogP contribution in [0.2, 0.25) is 0 Å². The molecule has 1 aromatic heterocycles. The molecule has 1 amide bonds. The molecule has 0 bridgehead atoms. The molecule has 1 atom stereocenters. The molecule has 6 nitrogen and oxygen atoms in total. The first kappa shape index (κ1) is 17.6. The van der Waals surface area contributed by atoms with Crippen molar-refractivity contribution in [3.8, 4) is 0 Å². The van der Waals surface area contributed by atoms with Crippen LogP contribution >= 0.6 is 0 Å². The standard InChI is InChI=1S/C19H25N3O3/c1-13(11-23)21-18(24)15-8-6-14(7-9-15)10-22-12-20-17-5-3-2-4-16(17)19(22)25/h2-5,12-15,23H,6-11H2,1H3,(H,21,24). The predicted molar refractivity (Wildman–Crippen MR) is 96.1 cm³/mol. The van der Waals surface area contributed by atoms with Crippen LogP contribution < -0.4 is 10.9 Å². The third kappa shape index (κ3) is 4.07. The molecular weight excluding hydrogens is 318 g/mol. The number of aromatic nitrogens is 2. The van der Waals surface area contributed by atoms with Gasteiger partial charge in [0.1, 0.15) is 0 Å². The molecule has 0 radical (unpaired) electrons. The topological polar surface area (TPSA) is 84.2 Å². The van der Waals surface area contributed by atoms with Gasteiger partial charge in [-0.05, 0) is 50.7 Å². The van der Waals surface area contributed by atoms with Crippen molar-refractivity contribution in [1.82, 2.24) is 14.9 Å². The Labute approximate surface area is 146 Å². The molecule has 2 aromatic rings. The number of nitrogens with zero attached hydrogens (tertiary/aromatic N) is 2. The Morgan fingerprint density at radius 3 is 2.76 bits per heavy atom. The Balaban J connectivity index is 1.60. The maximum atomic E-state index is 12.6. The highest BCUT2D eigenvalue weighted by molar-refractivity contribution is 5.79. The van der Waals surface area contributed by atoms with Crippen molar-refractivity contribution in [1.29, 1.82) is 0 Å².